The number of rotatable bonds is 1. The number of aromatic nitrogens is 2. The van der Waals surface area contributed by atoms with Gasteiger partial charge >= 0.3 is 5.69 Å². The molecular weight excluding hydrogens is 198 g/mol. The second kappa shape index (κ2) is 4.00. The fourth-order valence-corrected chi connectivity index (χ4v) is 1.59. The minimum atomic E-state index is -0.432. The zero-order valence-corrected chi connectivity index (χ0v) is 8.17. The van der Waals surface area contributed by atoms with E-state index < -0.39 is 11.8 Å². The molecule has 6 nitrogen and oxygen atoms in total. The molecule has 0 amide bonds. The van der Waals surface area contributed by atoms with Gasteiger partial charge in [0.1, 0.15) is 12.0 Å². The van der Waals surface area contributed by atoms with E-state index >= 15 is 0 Å². The number of anilines is 1. The molecule has 15 heavy (non-hydrogen) atoms. The Labute approximate surface area is 86.3 Å². The van der Waals surface area contributed by atoms with E-state index in [1.54, 1.807) is 12.3 Å². The minimum absolute atomic E-state index is 0.201. The zero-order chi connectivity index (χ0) is 10.8. The molecule has 0 aliphatic carbocycles. The molecule has 0 radical (unpaired) electrons. The summed E-state index contributed by atoms with van der Waals surface area (Å²) in [7, 11) is 0. The lowest BCUT2D eigenvalue weighted by molar-refractivity contribution is -0.0904. The van der Waals surface area contributed by atoms with Crippen molar-refractivity contribution in [2.24, 2.45) is 0 Å². The number of aliphatic hydroxyl groups excluding tert-OH is 1. The Kier molecular flexibility index (Phi) is 2.70. The molecular formula is C9H13N3O3. The summed E-state index contributed by atoms with van der Waals surface area (Å²) in [4.78, 5) is 15.1. The van der Waals surface area contributed by atoms with Crippen LogP contribution in [0.5, 0.6) is 0 Å². The van der Waals surface area contributed by atoms with E-state index in [4.69, 9.17) is 10.5 Å². The summed E-state index contributed by atoms with van der Waals surface area (Å²) in [5.41, 5.74) is 4.95. The molecule has 2 rings (SSSR count). The Morgan fingerprint density at radius 1 is 1.60 bits per heavy atom. The van der Waals surface area contributed by atoms with E-state index in [2.05, 4.69) is 4.98 Å². The van der Waals surface area contributed by atoms with Crippen molar-refractivity contribution >= 4 is 5.82 Å². The third-order valence-corrected chi connectivity index (χ3v) is 2.39. The number of nitrogens with zero attached hydrogens (tertiary/aromatic N) is 2. The summed E-state index contributed by atoms with van der Waals surface area (Å²) in [5.74, 6) is 0.201. The van der Waals surface area contributed by atoms with Crippen LogP contribution in [-0.4, -0.2) is 27.4 Å². The van der Waals surface area contributed by atoms with Crippen LogP contribution in [-0.2, 0) is 4.74 Å². The number of hydrogen-bond acceptors (Lipinski definition) is 5. The SMILES string of the molecule is Nc1ccn([C@H]2CC[C@@H](O)CO2)c(=O)n1. The Bertz CT molecular complexity index is 396. The minimum Gasteiger partial charge on any atom is -0.391 e. The van der Waals surface area contributed by atoms with Crippen molar-refractivity contribution in [3.8, 4) is 0 Å². The average Bonchev–Trinajstić information content (AvgIpc) is 2.20. The predicted molar refractivity (Wildman–Crippen MR) is 53.1 cm³/mol. The molecule has 1 fully saturated rings. The van der Waals surface area contributed by atoms with Crippen LogP contribution in [0, 0.1) is 0 Å². The van der Waals surface area contributed by atoms with E-state index in [0.29, 0.717) is 12.8 Å². The van der Waals surface area contributed by atoms with E-state index in [9.17, 15) is 9.90 Å². The Balaban J connectivity index is 2.19. The number of nitrogen functional groups attached to an aromatic ring is 1. The first-order chi connectivity index (χ1) is 7.16. The summed E-state index contributed by atoms with van der Waals surface area (Å²) < 4.78 is 6.72. The standard InChI is InChI=1S/C9H13N3O3/c10-7-3-4-12(9(14)11-7)8-2-1-6(13)5-15-8/h3-4,6,8,13H,1-2,5H2,(H2,10,11,14)/t6-,8-/m1/s1. The molecule has 1 aliphatic rings. The molecule has 1 saturated heterocycles. The molecule has 0 saturated carbocycles. The van der Waals surface area contributed by atoms with Crippen molar-refractivity contribution < 1.29 is 9.84 Å². The van der Waals surface area contributed by atoms with E-state index in [1.807, 2.05) is 0 Å². The van der Waals surface area contributed by atoms with Gasteiger partial charge in [0.15, 0.2) is 0 Å². The summed E-state index contributed by atoms with van der Waals surface area (Å²) in [6, 6.07) is 1.55. The Morgan fingerprint density at radius 3 is 3.00 bits per heavy atom. The maximum absolute atomic E-state index is 11.5. The molecule has 1 aromatic rings. The molecule has 0 spiro atoms. The third-order valence-electron chi connectivity index (χ3n) is 2.39. The van der Waals surface area contributed by atoms with Crippen molar-refractivity contribution in [1.29, 1.82) is 0 Å². The van der Waals surface area contributed by atoms with Crippen LogP contribution in [0.3, 0.4) is 0 Å². The van der Waals surface area contributed by atoms with Crippen LogP contribution in [0.25, 0.3) is 0 Å². The highest BCUT2D eigenvalue weighted by Gasteiger charge is 2.21. The van der Waals surface area contributed by atoms with Crippen molar-refractivity contribution in [3.63, 3.8) is 0 Å². The first-order valence-corrected chi connectivity index (χ1v) is 4.81. The number of nitrogens with two attached hydrogens (primary N) is 1. The molecule has 0 unspecified atom stereocenters. The lowest BCUT2D eigenvalue weighted by Gasteiger charge is -2.27. The summed E-state index contributed by atoms with van der Waals surface area (Å²) in [5, 5.41) is 9.24. The van der Waals surface area contributed by atoms with Gasteiger partial charge in [-0.25, -0.2) is 4.79 Å². The topological polar surface area (TPSA) is 90.4 Å². The van der Waals surface area contributed by atoms with Gasteiger partial charge in [-0.3, -0.25) is 4.57 Å². The van der Waals surface area contributed by atoms with Crippen LogP contribution in [0.15, 0.2) is 17.1 Å². The van der Waals surface area contributed by atoms with Gasteiger partial charge in [0.2, 0.25) is 0 Å². The predicted octanol–water partition coefficient (Wildman–Crippen LogP) is -0.505. The van der Waals surface area contributed by atoms with Gasteiger partial charge < -0.3 is 15.6 Å². The monoisotopic (exact) mass is 211 g/mol. The highest BCUT2D eigenvalue weighted by Crippen LogP contribution is 2.20. The second-order valence-corrected chi connectivity index (χ2v) is 3.56. The molecule has 1 aromatic heterocycles. The zero-order valence-electron chi connectivity index (χ0n) is 8.17. The maximum atomic E-state index is 11.5. The van der Waals surface area contributed by atoms with E-state index in [-0.39, 0.29) is 18.7 Å². The normalized spacial score (nSPS) is 26.5. The van der Waals surface area contributed by atoms with Crippen molar-refractivity contribution in [3.05, 3.63) is 22.7 Å². The number of hydrogen-bond donors (Lipinski definition) is 2. The lowest BCUT2D eigenvalue weighted by Crippen LogP contribution is -2.34. The largest absolute Gasteiger partial charge is 0.391 e. The van der Waals surface area contributed by atoms with Gasteiger partial charge in [0.25, 0.3) is 0 Å². The fourth-order valence-electron chi connectivity index (χ4n) is 1.59. The van der Waals surface area contributed by atoms with Gasteiger partial charge in [0, 0.05) is 6.20 Å². The smallest absolute Gasteiger partial charge is 0.351 e. The average molecular weight is 211 g/mol. The first-order valence-electron chi connectivity index (χ1n) is 4.81. The van der Waals surface area contributed by atoms with Crippen LogP contribution in [0.4, 0.5) is 5.82 Å². The highest BCUT2D eigenvalue weighted by atomic mass is 16.5. The number of aliphatic hydroxyl groups is 1. The van der Waals surface area contributed by atoms with Gasteiger partial charge in [-0.2, -0.15) is 4.98 Å². The first kappa shape index (κ1) is 10.1. The third kappa shape index (κ3) is 2.16. The molecule has 0 aromatic carbocycles. The second-order valence-electron chi connectivity index (χ2n) is 3.56. The van der Waals surface area contributed by atoms with E-state index in [1.165, 1.54) is 4.57 Å². The van der Waals surface area contributed by atoms with Crippen molar-refractivity contribution in [2.45, 2.75) is 25.2 Å². The maximum Gasteiger partial charge on any atom is 0.351 e. The molecule has 2 atom stereocenters. The molecule has 82 valence electrons. The van der Waals surface area contributed by atoms with Gasteiger partial charge in [-0.15, -0.1) is 0 Å². The van der Waals surface area contributed by atoms with Crippen LogP contribution in [0.1, 0.15) is 19.1 Å². The van der Waals surface area contributed by atoms with Crippen molar-refractivity contribution in [1.82, 2.24) is 9.55 Å². The molecule has 1 aliphatic heterocycles. The Hall–Kier alpha value is -1.40. The van der Waals surface area contributed by atoms with Crippen LogP contribution < -0.4 is 11.4 Å². The van der Waals surface area contributed by atoms with Crippen LogP contribution >= 0.6 is 0 Å². The molecule has 2 heterocycles. The van der Waals surface area contributed by atoms with E-state index in [0.717, 1.165) is 0 Å². The summed E-state index contributed by atoms with van der Waals surface area (Å²) in [6.45, 7) is 0.251. The summed E-state index contributed by atoms with van der Waals surface area (Å²) >= 11 is 0. The van der Waals surface area contributed by atoms with Gasteiger partial charge in [0.05, 0.1) is 12.7 Å². The Morgan fingerprint density at radius 2 is 2.40 bits per heavy atom. The van der Waals surface area contributed by atoms with Gasteiger partial charge in [-0.1, -0.05) is 0 Å². The number of ether oxygens (including phenoxy) is 1. The fraction of sp³-hybridized carbons (Fsp3) is 0.556. The highest BCUT2D eigenvalue weighted by molar-refractivity contribution is 5.23. The molecule has 3 N–H and O–H groups in total. The molecule has 0 bridgehead atoms. The molecule has 6 heteroatoms. The lowest BCUT2D eigenvalue weighted by atomic mass is 10.1. The van der Waals surface area contributed by atoms with Gasteiger partial charge in [-0.05, 0) is 18.9 Å². The van der Waals surface area contributed by atoms with Crippen molar-refractivity contribution in [2.75, 3.05) is 12.3 Å². The quantitative estimate of drug-likeness (QED) is 0.653. The summed E-state index contributed by atoms with van der Waals surface area (Å²) in [6.07, 6.45) is 2.02. The van der Waals surface area contributed by atoms with Crippen LogP contribution in [0.2, 0.25) is 0 Å².